The van der Waals surface area contributed by atoms with Crippen LogP contribution in [0.5, 0.6) is 0 Å². The molecule has 1 aliphatic carbocycles. The van der Waals surface area contributed by atoms with Crippen LogP contribution >= 0.6 is 11.8 Å². The summed E-state index contributed by atoms with van der Waals surface area (Å²) in [7, 11) is 0. The number of benzene rings is 3. The minimum Gasteiger partial charge on any atom is -0.468 e. The molecule has 36 heavy (non-hydrogen) atoms. The lowest BCUT2D eigenvalue weighted by Gasteiger charge is -2.18. The number of ether oxygens (including phenoxy) is 1. The van der Waals surface area contributed by atoms with Gasteiger partial charge in [-0.3, -0.25) is 4.79 Å². The summed E-state index contributed by atoms with van der Waals surface area (Å²) in [4.78, 5) is 25.8. The molecule has 0 saturated carbocycles. The highest BCUT2D eigenvalue weighted by Crippen LogP contribution is 2.38. The van der Waals surface area contributed by atoms with Crippen molar-refractivity contribution >= 4 is 23.6 Å². The predicted molar refractivity (Wildman–Crippen MR) is 142 cm³/mol. The minimum atomic E-state index is -0.672. The van der Waals surface area contributed by atoms with Crippen LogP contribution in [-0.2, 0) is 34.7 Å². The number of nitrogens with one attached hydrogen (secondary N) is 1. The monoisotopic (exact) mass is 497 g/mol. The maximum Gasteiger partial charge on any atom is 0.408 e. The molecule has 0 aliphatic heterocycles. The highest BCUT2D eigenvalue weighted by atomic mass is 32.2. The Balaban J connectivity index is 1.21. The van der Waals surface area contributed by atoms with Gasteiger partial charge < -0.3 is 14.5 Å². The minimum absolute atomic E-state index is 0.0524. The lowest BCUT2D eigenvalue weighted by atomic mass is 10.0. The van der Waals surface area contributed by atoms with Gasteiger partial charge in [-0.05, 0) is 58.4 Å². The van der Waals surface area contributed by atoms with Crippen molar-refractivity contribution in [1.82, 2.24) is 5.32 Å². The van der Waals surface area contributed by atoms with Gasteiger partial charge in [0.05, 0.1) is 23.8 Å². The van der Waals surface area contributed by atoms with E-state index in [0.717, 1.165) is 23.3 Å². The number of furan rings is 1. The first-order valence-corrected chi connectivity index (χ1v) is 13.1. The van der Waals surface area contributed by atoms with Crippen LogP contribution in [0, 0.1) is 0 Å². The molecule has 0 saturated heterocycles. The van der Waals surface area contributed by atoms with Crippen molar-refractivity contribution < 1.29 is 18.7 Å². The first kappa shape index (κ1) is 23.9. The van der Waals surface area contributed by atoms with Crippen LogP contribution in [0.4, 0.5) is 4.79 Å². The van der Waals surface area contributed by atoms with Crippen molar-refractivity contribution in [2.24, 2.45) is 0 Å². The molecule has 5 nitrogen and oxygen atoms in total. The molecule has 0 bridgehead atoms. The molecular weight excluding hydrogens is 470 g/mol. The summed E-state index contributed by atoms with van der Waals surface area (Å²) in [5.41, 5.74) is 6.87. The molecule has 0 spiro atoms. The van der Waals surface area contributed by atoms with Crippen LogP contribution in [0.3, 0.4) is 0 Å². The fraction of sp³-hybridized carbons (Fsp3) is 0.200. The van der Waals surface area contributed by atoms with Crippen molar-refractivity contribution in [3.05, 3.63) is 119 Å². The molecular formula is C30H27NO4S. The normalized spacial score (nSPS) is 12.4. The topological polar surface area (TPSA) is 68.5 Å². The summed E-state index contributed by atoms with van der Waals surface area (Å²) in [5, 5.41) is 2.82. The molecule has 0 fully saturated rings. The maximum absolute atomic E-state index is 13.0. The lowest BCUT2D eigenvalue weighted by Crippen LogP contribution is -2.43. The molecule has 1 atom stereocenters. The molecule has 1 aliphatic rings. The number of fused-ring (bicyclic) bond motifs is 3. The summed E-state index contributed by atoms with van der Waals surface area (Å²) in [6.45, 7) is 0.155. The molecule has 1 aromatic heterocycles. The first-order valence-electron chi connectivity index (χ1n) is 12.0. The summed E-state index contributed by atoms with van der Waals surface area (Å²) in [6.07, 6.45) is 2.27. The standard InChI is InChI=1S/C30H27NO4S/c32-29(20-36-19-24-12-7-15-34-24)28(16-21-8-2-1-3-9-21)31-30(33)35-18-23-11-6-14-26-25-13-5-4-10-22(25)17-27(23)26/h1-15,28H,16-20H2,(H,31,33)/t28-/m0/s1. The summed E-state index contributed by atoms with van der Waals surface area (Å²) < 4.78 is 11.0. The van der Waals surface area contributed by atoms with E-state index in [1.54, 1.807) is 6.26 Å². The Hall–Kier alpha value is -3.77. The van der Waals surface area contributed by atoms with Gasteiger partial charge in [0.2, 0.25) is 0 Å². The zero-order valence-electron chi connectivity index (χ0n) is 19.8. The van der Waals surface area contributed by atoms with Crippen LogP contribution < -0.4 is 5.32 Å². The van der Waals surface area contributed by atoms with Gasteiger partial charge in [0.25, 0.3) is 0 Å². The third-order valence-corrected chi connectivity index (χ3v) is 7.32. The molecule has 1 heterocycles. The van der Waals surface area contributed by atoms with Crippen LogP contribution in [0.2, 0.25) is 0 Å². The number of ketones is 1. The van der Waals surface area contributed by atoms with Crippen LogP contribution in [0.25, 0.3) is 11.1 Å². The van der Waals surface area contributed by atoms with Gasteiger partial charge >= 0.3 is 6.09 Å². The molecule has 0 radical (unpaired) electrons. The van der Waals surface area contributed by atoms with Crippen molar-refractivity contribution in [2.45, 2.75) is 31.2 Å². The Bertz CT molecular complexity index is 1330. The van der Waals surface area contributed by atoms with E-state index < -0.39 is 12.1 Å². The van der Waals surface area contributed by atoms with Crippen molar-refractivity contribution in [3.63, 3.8) is 0 Å². The highest BCUT2D eigenvalue weighted by Gasteiger charge is 2.24. The smallest absolute Gasteiger partial charge is 0.408 e. The summed E-state index contributed by atoms with van der Waals surface area (Å²) >= 11 is 1.47. The molecule has 6 heteroatoms. The number of carbonyl (C=O) groups is 2. The van der Waals surface area contributed by atoms with Crippen molar-refractivity contribution in [3.8, 4) is 11.1 Å². The van der Waals surface area contributed by atoms with Gasteiger partial charge in [0, 0.05) is 0 Å². The average Bonchev–Trinajstić information content (AvgIpc) is 3.56. The van der Waals surface area contributed by atoms with Crippen LogP contribution in [-0.4, -0.2) is 23.7 Å². The van der Waals surface area contributed by atoms with Crippen molar-refractivity contribution in [1.29, 1.82) is 0 Å². The van der Waals surface area contributed by atoms with E-state index in [1.807, 2.05) is 66.7 Å². The number of carbonyl (C=O) groups excluding carboxylic acids is 2. The van der Waals surface area contributed by atoms with Gasteiger partial charge in [-0.1, -0.05) is 72.8 Å². The zero-order chi connectivity index (χ0) is 24.7. The van der Waals surface area contributed by atoms with Gasteiger partial charge in [-0.25, -0.2) is 4.79 Å². The van der Waals surface area contributed by atoms with Crippen molar-refractivity contribution in [2.75, 3.05) is 5.75 Å². The molecule has 5 rings (SSSR count). The second-order valence-electron chi connectivity index (χ2n) is 8.78. The van der Waals surface area contributed by atoms with E-state index in [2.05, 4.69) is 23.5 Å². The van der Waals surface area contributed by atoms with Gasteiger partial charge in [0.15, 0.2) is 5.78 Å². The van der Waals surface area contributed by atoms with E-state index in [0.29, 0.717) is 12.2 Å². The number of thioether (sulfide) groups is 1. The maximum atomic E-state index is 13.0. The number of alkyl carbamates (subject to hydrolysis) is 1. The molecule has 3 aromatic carbocycles. The summed E-state index contributed by atoms with van der Waals surface area (Å²) in [6, 6.07) is 27.2. The Morgan fingerprint density at radius 3 is 2.56 bits per heavy atom. The first-order chi connectivity index (χ1) is 17.7. The number of hydrogen-bond donors (Lipinski definition) is 1. The van der Waals surface area contributed by atoms with E-state index in [4.69, 9.17) is 9.15 Å². The average molecular weight is 498 g/mol. The van der Waals surface area contributed by atoms with E-state index in [1.165, 1.54) is 34.0 Å². The Morgan fingerprint density at radius 2 is 1.72 bits per heavy atom. The third kappa shape index (κ3) is 5.71. The van der Waals surface area contributed by atoms with E-state index in [-0.39, 0.29) is 18.1 Å². The zero-order valence-corrected chi connectivity index (χ0v) is 20.6. The van der Waals surface area contributed by atoms with Gasteiger partial charge in [-0.2, -0.15) is 0 Å². The second kappa shape index (κ2) is 11.3. The number of rotatable bonds is 10. The fourth-order valence-corrected chi connectivity index (χ4v) is 5.40. The van der Waals surface area contributed by atoms with Gasteiger partial charge in [0.1, 0.15) is 12.4 Å². The number of amides is 1. The second-order valence-corrected chi connectivity index (χ2v) is 9.76. The molecule has 4 aromatic rings. The van der Waals surface area contributed by atoms with E-state index >= 15 is 0 Å². The quantitative estimate of drug-likeness (QED) is 0.249. The largest absolute Gasteiger partial charge is 0.468 e. The van der Waals surface area contributed by atoms with Crippen LogP contribution in [0.1, 0.15) is 28.0 Å². The van der Waals surface area contributed by atoms with E-state index in [9.17, 15) is 9.59 Å². The predicted octanol–water partition coefficient (Wildman–Crippen LogP) is 6.19. The molecule has 182 valence electrons. The number of Topliss-reactive ketones (excluding diaryl/α,β-unsaturated/α-hetero) is 1. The fourth-order valence-electron chi connectivity index (χ4n) is 4.53. The third-order valence-electron chi connectivity index (χ3n) is 6.34. The Kier molecular flexibility index (Phi) is 7.52. The molecule has 1 amide bonds. The van der Waals surface area contributed by atoms with Gasteiger partial charge in [-0.15, -0.1) is 11.8 Å². The SMILES string of the molecule is O=C(N[C@@H](Cc1ccccc1)C(=O)CSCc1ccco1)OCc1cccc2c1Cc1ccccc1-2. The Morgan fingerprint density at radius 1 is 0.917 bits per heavy atom. The molecule has 1 N–H and O–H groups in total. The Labute approximate surface area is 214 Å². The molecule has 0 unspecified atom stereocenters. The lowest BCUT2D eigenvalue weighted by molar-refractivity contribution is -0.118. The summed E-state index contributed by atoms with van der Waals surface area (Å²) in [5.74, 6) is 1.63. The van der Waals surface area contributed by atoms with Crippen LogP contribution in [0.15, 0.2) is 95.6 Å². The number of hydrogen-bond acceptors (Lipinski definition) is 5. The highest BCUT2D eigenvalue weighted by molar-refractivity contribution is 7.99.